The zero-order valence-corrected chi connectivity index (χ0v) is 17.5. The van der Waals surface area contributed by atoms with Crippen LogP contribution in [0.4, 0.5) is 10.1 Å². The molecule has 0 unspecified atom stereocenters. The van der Waals surface area contributed by atoms with Gasteiger partial charge in [-0.3, -0.25) is 10.0 Å². The first-order valence-electron chi connectivity index (χ1n) is 9.18. The number of halogens is 2. The molecule has 0 bridgehead atoms. The maximum Gasteiger partial charge on any atom is 0.267 e. The van der Waals surface area contributed by atoms with Gasteiger partial charge in [-0.2, -0.15) is 4.31 Å². The number of carbonyl (C=O) groups is 1. The molecule has 0 spiro atoms. The number of hydrogen-bond acceptors (Lipinski definition) is 5. The van der Waals surface area contributed by atoms with Crippen molar-refractivity contribution in [1.29, 1.82) is 0 Å². The molecule has 7 nitrogen and oxygen atoms in total. The van der Waals surface area contributed by atoms with E-state index in [0.29, 0.717) is 13.1 Å². The van der Waals surface area contributed by atoms with Crippen molar-refractivity contribution in [2.75, 3.05) is 31.1 Å². The zero-order valence-electron chi connectivity index (χ0n) is 16.0. The number of carbonyl (C=O) groups excluding carboxylic acids is 1. The van der Waals surface area contributed by atoms with Crippen molar-refractivity contribution in [2.24, 2.45) is 0 Å². The third kappa shape index (κ3) is 5.37. The van der Waals surface area contributed by atoms with Crippen LogP contribution in [0, 0.1) is 5.82 Å². The molecule has 0 aliphatic carbocycles. The van der Waals surface area contributed by atoms with Gasteiger partial charge in [0.1, 0.15) is 5.82 Å². The highest BCUT2D eigenvalue weighted by molar-refractivity contribution is 7.88. The van der Waals surface area contributed by atoms with Gasteiger partial charge in [0.15, 0.2) is 0 Å². The molecule has 1 heterocycles. The molecule has 2 aromatic carbocycles. The van der Waals surface area contributed by atoms with Gasteiger partial charge in [-0.25, -0.2) is 18.3 Å². The van der Waals surface area contributed by atoms with Crippen LogP contribution in [-0.4, -0.2) is 50.0 Å². The van der Waals surface area contributed by atoms with E-state index in [9.17, 15) is 17.6 Å². The molecule has 3 rings (SSSR count). The second-order valence-corrected chi connectivity index (χ2v) is 9.15. The van der Waals surface area contributed by atoms with E-state index in [1.165, 1.54) is 28.0 Å². The summed E-state index contributed by atoms with van der Waals surface area (Å²) in [5.74, 6) is -1.71. The molecule has 1 fully saturated rings. The fourth-order valence-corrected chi connectivity index (χ4v) is 4.94. The van der Waals surface area contributed by atoms with Crippen molar-refractivity contribution in [2.45, 2.75) is 5.75 Å². The molecule has 1 saturated heterocycles. The van der Waals surface area contributed by atoms with E-state index in [-0.39, 0.29) is 23.7 Å². The summed E-state index contributed by atoms with van der Waals surface area (Å²) in [7, 11) is -3.68. The first-order chi connectivity index (χ1) is 14.3. The third-order valence-electron chi connectivity index (χ3n) is 4.79. The van der Waals surface area contributed by atoms with Crippen molar-refractivity contribution in [3.63, 3.8) is 0 Å². The Labute approximate surface area is 179 Å². The van der Waals surface area contributed by atoms with Crippen molar-refractivity contribution in [3.8, 4) is 0 Å². The number of nitrogens with zero attached hydrogens (tertiary/aromatic N) is 2. The SMILES string of the molecule is O=C(C=Cc1ccccc1N1CCN(S(=O)(=O)Cc2ccc(Cl)cc2F)CC1)NO. The topological polar surface area (TPSA) is 90.0 Å². The number of piperazine rings is 1. The number of rotatable bonds is 6. The van der Waals surface area contributed by atoms with Gasteiger partial charge in [0, 0.05) is 48.5 Å². The Morgan fingerprint density at radius 3 is 2.53 bits per heavy atom. The Balaban J connectivity index is 1.69. The average Bonchev–Trinajstić information content (AvgIpc) is 2.74. The Kier molecular flexibility index (Phi) is 7.09. The van der Waals surface area contributed by atoms with Crippen LogP contribution in [0.15, 0.2) is 48.5 Å². The normalized spacial score (nSPS) is 15.5. The molecule has 2 N–H and O–H groups in total. The lowest BCUT2D eigenvalue weighted by Gasteiger charge is -2.36. The summed E-state index contributed by atoms with van der Waals surface area (Å²) in [6.45, 7) is 1.40. The molecule has 1 amide bonds. The van der Waals surface area contributed by atoms with E-state index in [1.807, 2.05) is 29.2 Å². The predicted molar refractivity (Wildman–Crippen MR) is 113 cm³/mol. The maximum absolute atomic E-state index is 14.0. The molecule has 0 saturated carbocycles. The molecule has 1 aliphatic heterocycles. The van der Waals surface area contributed by atoms with Gasteiger partial charge in [-0.05, 0) is 29.8 Å². The highest BCUT2D eigenvalue weighted by Crippen LogP contribution is 2.25. The van der Waals surface area contributed by atoms with Crippen molar-refractivity contribution >= 4 is 39.3 Å². The van der Waals surface area contributed by atoms with Crippen LogP contribution in [-0.2, 0) is 20.6 Å². The minimum absolute atomic E-state index is 0.0828. The van der Waals surface area contributed by atoms with Gasteiger partial charge in [-0.1, -0.05) is 35.9 Å². The lowest BCUT2D eigenvalue weighted by atomic mass is 10.1. The van der Waals surface area contributed by atoms with Crippen LogP contribution < -0.4 is 10.4 Å². The molecule has 160 valence electrons. The summed E-state index contributed by atoms with van der Waals surface area (Å²) in [5, 5.41) is 8.83. The lowest BCUT2D eigenvalue weighted by molar-refractivity contribution is -0.124. The van der Waals surface area contributed by atoms with Gasteiger partial charge in [0.2, 0.25) is 10.0 Å². The van der Waals surface area contributed by atoms with Gasteiger partial charge >= 0.3 is 0 Å². The number of anilines is 1. The molecule has 0 radical (unpaired) electrons. The standard InChI is InChI=1S/C20H21ClFN3O4S/c21-17-7-5-16(18(22)13-17)14-30(28,29)25-11-9-24(10-12-25)19-4-2-1-3-15(19)6-8-20(26)23-27/h1-8,13,27H,9-12,14H2,(H,23,26). The highest BCUT2D eigenvalue weighted by atomic mass is 35.5. The largest absolute Gasteiger partial charge is 0.368 e. The molecular formula is C20H21ClFN3O4S. The number of para-hydroxylation sites is 1. The van der Waals surface area contributed by atoms with Gasteiger partial charge in [-0.15, -0.1) is 0 Å². The number of sulfonamides is 1. The maximum atomic E-state index is 14.0. The Bertz CT molecular complexity index is 1050. The molecule has 2 aromatic rings. The van der Waals surface area contributed by atoms with Crippen LogP contribution in [0.1, 0.15) is 11.1 Å². The Morgan fingerprint density at radius 2 is 1.87 bits per heavy atom. The van der Waals surface area contributed by atoms with Gasteiger partial charge < -0.3 is 4.90 Å². The van der Waals surface area contributed by atoms with Crippen molar-refractivity contribution in [1.82, 2.24) is 9.79 Å². The van der Waals surface area contributed by atoms with E-state index in [0.717, 1.165) is 17.3 Å². The van der Waals surface area contributed by atoms with Crippen molar-refractivity contribution in [3.05, 3.63) is 70.5 Å². The number of hydroxylamine groups is 1. The highest BCUT2D eigenvalue weighted by Gasteiger charge is 2.28. The monoisotopic (exact) mass is 453 g/mol. The van der Waals surface area contributed by atoms with Gasteiger partial charge in [0.25, 0.3) is 5.91 Å². The van der Waals surface area contributed by atoms with E-state index >= 15 is 0 Å². The summed E-state index contributed by atoms with van der Waals surface area (Å²) < 4.78 is 40.8. The van der Waals surface area contributed by atoms with Crippen LogP contribution in [0.5, 0.6) is 0 Å². The number of amides is 1. The number of benzene rings is 2. The molecule has 10 heteroatoms. The molecule has 0 aromatic heterocycles. The average molecular weight is 454 g/mol. The van der Waals surface area contributed by atoms with E-state index < -0.39 is 27.5 Å². The molecule has 0 atom stereocenters. The first-order valence-corrected chi connectivity index (χ1v) is 11.2. The predicted octanol–water partition coefficient (Wildman–Crippen LogP) is 2.65. The number of nitrogens with one attached hydrogen (secondary N) is 1. The van der Waals surface area contributed by atoms with E-state index in [2.05, 4.69) is 0 Å². The van der Waals surface area contributed by atoms with Crippen LogP contribution in [0.25, 0.3) is 6.08 Å². The Hall–Kier alpha value is -2.46. The van der Waals surface area contributed by atoms with E-state index in [4.69, 9.17) is 16.8 Å². The minimum Gasteiger partial charge on any atom is -0.368 e. The minimum atomic E-state index is -3.68. The quantitative estimate of drug-likeness (QED) is 0.398. The number of hydrogen-bond donors (Lipinski definition) is 2. The fourth-order valence-electron chi connectivity index (χ4n) is 3.25. The lowest BCUT2D eigenvalue weighted by Crippen LogP contribution is -2.49. The van der Waals surface area contributed by atoms with Crippen LogP contribution >= 0.6 is 11.6 Å². The third-order valence-corrected chi connectivity index (χ3v) is 6.85. The summed E-state index contributed by atoms with van der Waals surface area (Å²) >= 11 is 5.73. The Morgan fingerprint density at radius 1 is 1.17 bits per heavy atom. The summed E-state index contributed by atoms with van der Waals surface area (Å²) in [6, 6.07) is 11.3. The smallest absolute Gasteiger partial charge is 0.267 e. The van der Waals surface area contributed by atoms with E-state index in [1.54, 1.807) is 6.08 Å². The van der Waals surface area contributed by atoms with Crippen LogP contribution in [0.2, 0.25) is 5.02 Å². The summed E-state index contributed by atoms with van der Waals surface area (Å²) in [6.07, 6.45) is 2.79. The fraction of sp³-hybridized carbons (Fsp3) is 0.250. The second kappa shape index (κ2) is 9.57. The molecule has 1 aliphatic rings. The molecular weight excluding hydrogens is 433 g/mol. The summed E-state index contributed by atoms with van der Waals surface area (Å²) in [5.41, 5.74) is 3.23. The summed E-state index contributed by atoms with van der Waals surface area (Å²) in [4.78, 5) is 13.3. The van der Waals surface area contributed by atoms with Crippen molar-refractivity contribution < 1.29 is 22.8 Å². The zero-order chi connectivity index (χ0) is 21.7. The second-order valence-electron chi connectivity index (χ2n) is 6.75. The van der Waals surface area contributed by atoms with Crippen LogP contribution in [0.3, 0.4) is 0 Å². The first kappa shape index (κ1) is 22.2. The van der Waals surface area contributed by atoms with Gasteiger partial charge in [0.05, 0.1) is 5.75 Å². The molecule has 30 heavy (non-hydrogen) atoms.